The second kappa shape index (κ2) is 6.42. The van der Waals surface area contributed by atoms with Crippen LogP contribution in [0.15, 0.2) is 46.1 Å². The Labute approximate surface area is 116 Å². The molecule has 0 saturated heterocycles. The first-order valence-corrected chi connectivity index (χ1v) is 5.83. The lowest BCUT2D eigenvalue weighted by Crippen LogP contribution is -2.17. The minimum Gasteiger partial charge on any atom is -0.497 e. The lowest BCUT2D eigenvalue weighted by atomic mass is 10.2. The number of nitrogens with one attached hydrogen (secondary N) is 1. The molecule has 1 aromatic heterocycles. The smallest absolute Gasteiger partial charge is 0.271 e. The Hall–Kier alpha value is -2.76. The molecule has 0 saturated carbocycles. The van der Waals surface area contributed by atoms with Crippen LogP contribution in [0.25, 0.3) is 0 Å². The summed E-state index contributed by atoms with van der Waals surface area (Å²) in [5.41, 5.74) is 2.79. The third kappa shape index (κ3) is 3.38. The highest BCUT2D eigenvalue weighted by Gasteiger charge is 2.09. The fourth-order valence-electron chi connectivity index (χ4n) is 1.52. The van der Waals surface area contributed by atoms with Crippen LogP contribution in [-0.2, 0) is 0 Å². The molecule has 0 bridgehead atoms. The molecule has 0 spiro atoms. The lowest BCUT2D eigenvalue weighted by Gasteiger charge is -2.07. The van der Waals surface area contributed by atoms with Gasteiger partial charge in [0.05, 0.1) is 26.7 Å². The summed E-state index contributed by atoms with van der Waals surface area (Å²) in [5, 5.41) is 3.80. The zero-order valence-corrected chi connectivity index (χ0v) is 11.1. The van der Waals surface area contributed by atoms with Crippen LogP contribution >= 0.6 is 0 Å². The van der Waals surface area contributed by atoms with Gasteiger partial charge in [-0.05, 0) is 24.3 Å². The molecule has 20 heavy (non-hydrogen) atoms. The van der Waals surface area contributed by atoms with Gasteiger partial charge in [0.25, 0.3) is 5.91 Å². The Kier molecular flexibility index (Phi) is 4.39. The third-order valence-corrected chi connectivity index (χ3v) is 2.51. The van der Waals surface area contributed by atoms with Gasteiger partial charge < -0.3 is 13.9 Å². The van der Waals surface area contributed by atoms with E-state index in [1.165, 1.54) is 26.7 Å². The highest BCUT2D eigenvalue weighted by Crippen LogP contribution is 2.22. The Morgan fingerprint density at radius 3 is 2.50 bits per heavy atom. The largest absolute Gasteiger partial charge is 0.497 e. The fraction of sp³-hybridized carbons (Fsp3) is 0.143. The van der Waals surface area contributed by atoms with Gasteiger partial charge in [0, 0.05) is 11.6 Å². The number of ether oxygens (including phenoxy) is 2. The Bertz CT molecular complexity index is 583. The minimum absolute atomic E-state index is 0.370. The average Bonchev–Trinajstić information content (AvgIpc) is 2.99. The number of hydrogen-bond acceptors (Lipinski definition) is 5. The summed E-state index contributed by atoms with van der Waals surface area (Å²) in [6.07, 6.45) is 2.94. The summed E-state index contributed by atoms with van der Waals surface area (Å²) in [4.78, 5) is 11.9. The second-order valence-corrected chi connectivity index (χ2v) is 3.82. The van der Waals surface area contributed by atoms with Crippen molar-refractivity contribution < 1.29 is 18.7 Å². The molecule has 0 aliphatic carbocycles. The highest BCUT2D eigenvalue weighted by atomic mass is 16.5. The number of furan rings is 1. The Balaban J connectivity index is 2.08. The molecule has 104 valence electrons. The van der Waals surface area contributed by atoms with Crippen molar-refractivity contribution >= 4 is 12.1 Å². The van der Waals surface area contributed by atoms with Crippen molar-refractivity contribution in [1.29, 1.82) is 0 Å². The Morgan fingerprint density at radius 1 is 1.25 bits per heavy atom. The normalized spacial score (nSPS) is 10.5. The van der Waals surface area contributed by atoms with Crippen LogP contribution in [0.3, 0.4) is 0 Å². The number of nitrogens with zero attached hydrogens (tertiary/aromatic N) is 1. The van der Waals surface area contributed by atoms with Crippen LogP contribution < -0.4 is 14.9 Å². The van der Waals surface area contributed by atoms with Crippen molar-refractivity contribution in [3.8, 4) is 11.5 Å². The van der Waals surface area contributed by atoms with Crippen LogP contribution in [0.4, 0.5) is 0 Å². The highest BCUT2D eigenvalue weighted by molar-refractivity contribution is 5.95. The zero-order chi connectivity index (χ0) is 14.4. The van der Waals surface area contributed by atoms with E-state index in [2.05, 4.69) is 10.5 Å². The molecule has 2 aromatic rings. The predicted molar refractivity (Wildman–Crippen MR) is 73.3 cm³/mol. The summed E-state index contributed by atoms with van der Waals surface area (Å²) in [6.45, 7) is 0. The van der Waals surface area contributed by atoms with Crippen molar-refractivity contribution in [2.75, 3.05) is 14.2 Å². The van der Waals surface area contributed by atoms with Gasteiger partial charge in [-0.15, -0.1) is 0 Å². The molecule has 0 aliphatic rings. The van der Waals surface area contributed by atoms with Crippen LogP contribution in [0, 0.1) is 0 Å². The molecule has 1 heterocycles. The molecule has 1 aromatic carbocycles. The van der Waals surface area contributed by atoms with Gasteiger partial charge in [0.1, 0.15) is 17.3 Å². The predicted octanol–water partition coefficient (Wildman–Crippen LogP) is 2.06. The number of hydrogen-bond donors (Lipinski definition) is 1. The molecular weight excluding hydrogens is 260 g/mol. The first-order chi connectivity index (χ1) is 9.72. The van der Waals surface area contributed by atoms with Gasteiger partial charge in [0.15, 0.2) is 0 Å². The van der Waals surface area contributed by atoms with Crippen molar-refractivity contribution in [2.45, 2.75) is 0 Å². The van der Waals surface area contributed by atoms with Gasteiger partial charge in [0.2, 0.25) is 0 Å². The topological polar surface area (TPSA) is 73.1 Å². The van der Waals surface area contributed by atoms with E-state index in [-0.39, 0.29) is 5.91 Å². The number of methoxy groups -OCH3 is 2. The van der Waals surface area contributed by atoms with Crippen molar-refractivity contribution in [3.63, 3.8) is 0 Å². The molecule has 0 unspecified atom stereocenters. The quantitative estimate of drug-likeness (QED) is 0.669. The monoisotopic (exact) mass is 274 g/mol. The molecule has 2 rings (SSSR count). The summed E-state index contributed by atoms with van der Waals surface area (Å²) in [5.74, 6) is 1.24. The van der Waals surface area contributed by atoms with Crippen molar-refractivity contribution in [1.82, 2.24) is 5.43 Å². The number of rotatable bonds is 5. The van der Waals surface area contributed by atoms with Crippen LogP contribution in [0.2, 0.25) is 0 Å². The zero-order valence-electron chi connectivity index (χ0n) is 11.1. The molecule has 6 nitrogen and oxygen atoms in total. The van der Waals surface area contributed by atoms with E-state index in [4.69, 9.17) is 13.9 Å². The maximum Gasteiger partial charge on any atom is 0.271 e. The molecule has 1 N–H and O–H groups in total. The number of carbonyl (C=O) groups is 1. The molecule has 0 fully saturated rings. The van der Waals surface area contributed by atoms with E-state index >= 15 is 0 Å². The van der Waals surface area contributed by atoms with Crippen LogP contribution in [0.5, 0.6) is 11.5 Å². The summed E-state index contributed by atoms with van der Waals surface area (Å²) in [7, 11) is 3.04. The SMILES string of the molecule is COc1cc(OC)cc(C(=O)N/N=C\c2ccco2)c1. The standard InChI is InChI=1S/C14H14N2O4/c1-18-12-6-10(7-13(8-12)19-2)14(17)16-15-9-11-4-3-5-20-11/h3-9H,1-2H3,(H,16,17)/b15-9-. The number of amides is 1. The molecular formula is C14H14N2O4. The summed E-state index contributed by atoms with van der Waals surface area (Å²) in [6, 6.07) is 8.34. The summed E-state index contributed by atoms with van der Waals surface area (Å²) >= 11 is 0. The molecule has 1 amide bonds. The number of benzene rings is 1. The van der Waals surface area contributed by atoms with Gasteiger partial charge >= 0.3 is 0 Å². The van der Waals surface area contributed by atoms with Crippen LogP contribution in [0.1, 0.15) is 16.1 Å². The summed E-state index contributed by atoms with van der Waals surface area (Å²) < 4.78 is 15.2. The first kappa shape index (κ1) is 13.7. The minimum atomic E-state index is -0.370. The molecule has 0 radical (unpaired) electrons. The van der Waals surface area contributed by atoms with E-state index in [1.54, 1.807) is 30.3 Å². The second-order valence-electron chi connectivity index (χ2n) is 3.82. The molecule has 0 aliphatic heterocycles. The average molecular weight is 274 g/mol. The van der Waals surface area contributed by atoms with E-state index < -0.39 is 0 Å². The first-order valence-electron chi connectivity index (χ1n) is 5.83. The van der Waals surface area contributed by atoms with E-state index in [1.807, 2.05) is 0 Å². The fourth-order valence-corrected chi connectivity index (χ4v) is 1.52. The van der Waals surface area contributed by atoms with Gasteiger partial charge in [-0.3, -0.25) is 4.79 Å². The Morgan fingerprint density at radius 2 is 1.95 bits per heavy atom. The van der Waals surface area contributed by atoms with Gasteiger partial charge in [-0.1, -0.05) is 0 Å². The maximum atomic E-state index is 11.9. The number of carbonyl (C=O) groups excluding carboxylic acids is 1. The van der Waals surface area contributed by atoms with E-state index in [0.717, 1.165) is 0 Å². The van der Waals surface area contributed by atoms with Crippen LogP contribution in [-0.4, -0.2) is 26.3 Å². The van der Waals surface area contributed by atoms with E-state index in [0.29, 0.717) is 22.8 Å². The maximum absolute atomic E-state index is 11.9. The molecule has 6 heteroatoms. The third-order valence-electron chi connectivity index (χ3n) is 2.51. The number of hydrazone groups is 1. The van der Waals surface area contributed by atoms with Gasteiger partial charge in [-0.25, -0.2) is 5.43 Å². The molecule has 0 atom stereocenters. The lowest BCUT2D eigenvalue weighted by molar-refractivity contribution is 0.0954. The van der Waals surface area contributed by atoms with Crippen molar-refractivity contribution in [2.24, 2.45) is 5.10 Å². The van der Waals surface area contributed by atoms with Gasteiger partial charge in [-0.2, -0.15) is 5.10 Å². The van der Waals surface area contributed by atoms with E-state index in [9.17, 15) is 4.79 Å². The van der Waals surface area contributed by atoms with Crippen molar-refractivity contribution in [3.05, 3.63) is 47.9 Å².